The van der Waals surface area contributed by atoms with Crippen LogP contribution in [0.2, 0.25) is 0 Å². The van der Waals surface area contributed by atoms with Crippen LogP contribution in [-0.4, -0.2) is 0 Å². The fourth-order valence-corrected chi connectivity index (χ4v) is 0.736. The highest BCUT2D eigenvalue weighted by Gasteiger charge is 2.12. The molecular weight excluding hydrogens is 96.1 g/mol. The number of rotatable bonds is 3. The summed E-state index contributed by atoms with van der Waals surface area (Å²) < 4.78 is 0. The molecule has 0 aromatic carbocycles. The molecule has 0 nitrogen and oxygen atoms in total. The summed E-state index contributed by atoms with van der Waals surface area (Å²) in [5.41, 5.74) is 0. The average molecular weight is 113 g/mol. The molecule has 0 spiro atoms. The van der Waals surface area contributed by atoms with Gasteiger partial charge in [-0.15, -0.1) is 0 Å². The summed E-state index contributed by atoms with van der Waals surface area (Å²) in [5.74, 6) is 1.47. The maximum absolute atomic E-state index is 4.03. The lowest BCUT2D eigenvalue weighted by atomic mass is 9.92. The van der Waals surface area contributed by atoms with Crippen LogP contribution in [0.25, 0.3) is 0 Å². The van der Waals surface area contributed by atoms with Gasteiger partial charge in [0.15, 0.2) is 0 Å². The second-order valence-electron chi connectivity index (χ2n) is 2.55. The van der Waals surface area contributed by atoms with Crippen molar-refractivity contribution in [3.05, 3.63) is 6.92 Å². The highest BCUT2D eigenvalue weighted by Crippen LogP contribution is 2.16. The molecule has 48 valence electrons. The Bertz CT molecular complexity index is 40.0. The fourth-order valence-electron chi connectivity index (χ4n) is 0.736. The standard InChI is InChI=1S/C8H17/c1-5-7(3)8(4)6-2/h7-8H,3,5-6H2,1-2,4H3/q+1. The zero-order chi connectivity index (χ0) is 6.57. The van der Waals surface area contributed by atoms with Gasteiger partial charge in [0.2, 0.25) is 0 Å². The second kappa shape index (κ2) is 3.82. The Morgan fingerprint density at radius 3 is 1.88 bits per heavy atom. The van der Waals surface area contributed by atoms with E-state index in [0.29, 0.717) is 5.92 Å². The summed E-state index contributed by atoms with van der Waals surface area (Å²) in [4.78, 5) is 0. The van der Waals surface area contributed by atoms with Gasteiger partial charge in [-0.2, -0.15) is 0 Å². The quantitative estimate of drug-likeness (QED) is 0.494. The molecule has 0 fully saturated rings. The zero-order valence-electron chi connectivity index (χ0n) is 6.28. The monoisotopic (exact) mass is 113 g/mol. The predicted octanol–water partition coefficient (Wildman–Crippen LogP) is 2.89. The second-order valence-corrected chi connectivity index (χ2v) is 2.55. The van der Waals surface area contributed by atoms with Crippen LogP contribution in [0.3, 0.4) is 0 Å². The Kier molecular flexibility index (Phi) is 3.76. The third kappa shape index (κ3) is 2.25. The van der Waals surface area contributed by atoms with Crippen molar-refractivity contribution >= 4 is 0 Å². The van der Waals surface area contributed by atoms with Crippen molar-refractivity contribution in [1.29, 1.82) is 0 Å². The third-order valence-electron chi connectivity index (χ3n) is 1.97. The van der Waals surface area contributed by atoms with Crippen LogP contribution in [0, 0.1) is 18.8 Å². The van der Waals surface area contributed by atoms with Gasteiger partial charge in [-0.1, -0.05) is 20.8 Å². The van der Waals surface area contributed by atoms with E-state index in [1.807, 2.05) is 0 Å². The molecule has 0 heteroatoms. The van der Waals surface area contributed by atoms with E-state index in [9.17, 15) is 0 Å². The first-order valence-corrected chi connectivity index (χ1v) is 3.55. The Hall–Kier alpha value is -0.130. The minimum atomic E-state index is 0.667. The van der Waals surface area contributed by atoms with Gasteiger partial charge >= 0.3 is 0 Å². The van der Waals surface area contributed by atoms with Crippen molar-refractivity contribution in [2.75, 3.05) is 0 Å². The molecule has 8 heavy (non-hydrogen) atoms. The Morgan fingerprint density at radius 1 is 1.25 bits per heavy atom. The van der Waals surface area contributed by atoms with E-state index in [4.69, 9.17) is 0 Å². The molecular formula is C8H17+. The van der Waals surface area contributed by atoms with Gasteiger partial charge in [0, 0.05) is 0 Å². The van der Waals surface area contributed by atoms with Crippen molar-refractivity contribution < 1.29 is 0 Å². The summed E-state index contributed by atoms with van der Waals surface area (Å²) >= 11 is 0. The highest BCUT2D eigenvalue weighted by molar-refractivity contribution is 4.64. The topological polar surface area (TPSA) is 0 Å². The fraction of sp³-hybridized carbons (Fsp3) is 0.875. The summed E-state index contributed by atoms with van der Waals surface area (Å²) in [6.07, 6.45) is 2.48. The molecule has 0 aliphatic carbocycles. The first kappa shape index (κ1) is 7.87. The van der Waals surface area contributed by atoms with E-state index in [1.54, 1.807) is 0 Å². The Labute approximate surface area is 53.3 Å². The molecule has 0 amide bonds. The van der Waals surface area contributed by atoms with Gasteiger partial charge in [0.05, 0.1) is 12.8 Å². The first-order valence-electron chi connectivity index (χ1n) is 3.55. The van der Waals surface area contributed by atoms with Crippen LogP contribution in [-0.2, 0) is 0 Å². The molecule has 0 aliphatic rings. The average Bonchev–Trinajstić information content (AvgIpc) is 1.84. The Balaban J connectivity index is 3.29. The maximum atomic E-state index is 4.03. The van der Waals surface area contributed by atoms with Crippen LogP contribution in [0.4, 0.5) is 0 Å². The van der Waals surface area contributed by atoms with Crippen molar-refractivity contribution in [3.8, 4) is 0 Å². The van der Waals surface area contributed by atoms with Gasteiger partial charge in [-0.3, -0.25) is 0 Å². The lowest BCUT2D eigenvalue weighted by Gasteiger charge is -2.08. The van der Waals surface area contributed by atoms with Gasteiger partial charge in [0.25, 0.3) is 0 Å². The lowest BCUT2D eigenvalue weighted by Crippen LogP contribution is -2.04. The normalized spacial score (nSPS) is 17.9. The van der Waals surface area contributed by atoms with E-state index in [2.05, 4.69) is 27.7 Å². The molecule has 0 saturated heterocycles. The molecule has 0 aliphatic heterocycles. The molecule has 0 aromatic heterocycles. The zero-order valence-corrected chi connectivity index (χ0v) is 6.28. The van der Waals surface area contributed by atoms with Crippen LogP contribution in [0.15, 0.2) is 0 Å². The number of hydrogen-bond acceptors (Lipinski definition) is 0. The maximum Gasteiger partial charge on any atom is 0.0975 e. The summed E-state index contributed by atoms with van der Waals surface area (Å²) in [6, 6.07) is 0. The summed E-state index contributed by atoms with van der Waals surface area (Å²) in [7, 11) is 0. The molecule has 0 heterocycles. The third-order valence-corrected chi connectivity index (χ3v) is 1.97. The molecule has 0 rings (SSSR count). The van der Waals surface area contributed by atoms with Crippen LogP contribution in [0.5, 0.6) is 0 Å². The lowest BCUT2D eigenvalue weighted by molar-refractivity contribution is 0.403. The van der Waals surface area contributed by atoms with E-state index in [0.717, 1.165) is 5.92 Å². The smallest absolute Gasteiger partial charge is 0.0650 e. The SMILES string of the molecule is [CH2+]C(CC)C(C)CC. The van der Waals surface area contributed by atoms with E-state index in [1.165, 1.54) is 12.8 Å². The molecule has 2 unspecified atom stereocenters. The van der Waals surface area contributed by atoms with Crippen molar-refractivity contribution in [2.24, 2.45) is 11.8 Å². The van der Waals surface area contributed by atoms with E-state index in [-0.39, 0.29) is 0 Å². The molecule has 2 atom stereocenters. The molecule has 0 radical (unpaired) electrons. The van der Waals surface area contributed by atoms with Crippen molar-refractivity contribution in [2.45, 2.75) is 33.6 Å². The van der Waals surface area contributed by atoms with Gasteiger partial charge in [-0.25, -0.2) is 0 Å². The number of hydrogen-bond donors (Lipinski definition) is 0. The van der Waals surface area contributed by atoms with Crippen LogP contribution < -0.4 is 0 Å². The van der Waals surface area contributed by atoms with Gasteiger partial charge in [-0.05, 0) is 18.8 Å². The van der Waals surface area contributed by atoms with Crippen molar-refractivity contribution in [3.63, 3.8) is 0 Å². The van der Waals surface area contributed by atoms with Crippen molar-refractivity contribution in [1.82, 2.24) is 0 Å². The molecule has 0 bridgehead atoms. The largest absolute Gasteiger partial charge is 0.0975 e. The molecule has 0 aromatic rings. The first-order chi connectivity index (χ1) is 3.72. The van der Waals surface area contributed by atoms with E-state index < -0.39 is 0 Å². The van der Waals surface area contributed by atoms with Gasteiger partial charge in [0.1, 0.15) is 0 Å². The van der Waals surface area contributed by atoms with Crippen LogP contribution in [0.1, 0.15) is 33.6 Å². The molecule has 0 N–H and O–H groups in total. The Morgan fingerprint density at radius 2 is 1.75 bits per heavy atom. The minimum Gasteiger partial charge on any atom is -0.0650 e. The minimum absolute atomic E-state index is 0.667. The molecule has 0 saturated carbocycles. The highest BCUT2D eigenvalue weighted by atomic mass is 14.1. The van der Waals surface area contributed by atoms with Gasteiger partial charge < -0.3 is 0 Å². The summed E-state index contributed by atoms with van der Waals surface area (Å²) in [5, 5.41) is 0. The summed E-state index contributed by atoms with van der Waals surface area (Å²) in [6.45, 7) is 10.7. The van der Waals surface area contributed by atoms with E-state index >= 15 is 0 Å². The predicted molar refractivity (Wildman–Crippen MR) is 38.6 cm³/mol. The van der Waals surface area contributed by atoms with Crippen LogP contribution >= 0.6 is 0 Å².